The number of halogens is 12. The van der Waals surface area contributed by atoms with Crippen LogP contribution in [0.2, 0.25) is 0 Å². The molecular weight excluding hydrogens is 488 g/mol. The van der Waals surface area contributed by atoms with Crippen LogP contribution in [0, 0.1) is 0 Å². The first-order chi connectivity index (χ1) is 14.7. The first-order valence-corrected chi connectivity index (χ1v) is 8.56. The molecule has 33 heavy (non-hydrogen) atoms. The van der Waals surface area contributed by atoms with Gasteiger partial charge in [-0.25, -0.2) is 0 Å². The minimum atomic E-state index is -6.19. The van der Waals surface area contributed by atoms with Gasteiger partial charge >= 0.3 is 24.7 Å². The smallest absolute Gasteiger partial charge is 0.369 e. The first-order valence-electron chi connectivity index (χ1n) is 8.56. The number of hydrogen-bond acceptors (Lipinski definition) is 2. The average Bonchev–Trinajstić information content (AvgIpc) is 2.63. The van der Waals surface area contributed by atoms with Crippen LogP contribution in [0.25, 0.3) is 0 Å². The molecule has 0 aliphatic carbocycles. The van der Waals surface area contributed by atoms with Crippen molar-refractivity contribution in [1.82, 2.24) is 0 Å². The molecule has 2 nitrogen and oxygen atoms in total. The summed E-state index contributed by atoms with van der Waals surface area (Å²) >= 11 is 0. The van der Waals surface area contributed by atoms with Crippen molar-refractivity contribution in [2.24, 2.45) is 0 Å². The number of alkyl halides is 12. The van der Waals surface area contributed by atoms with Crippen molar-refractivity contribution in [2.45, 2.75) is 42.3 Å². The van der Waals surface area contributed by atoms with Crippen molar-refractivity contribution in [3.8, 4) is 0 Å². The van der Waals surface area contributed by atoms with E-state index in [4.69, 9.17) is 0 Å². The standard InChI is InChI=1S/C19H12F12O2/c20-16(21,22)14(32,17(23,24)25)12-5-1-3-10(8-12)7-11-4-2-6-13(9-11)15(33,18(26,27)28)19(29,30)31/h1-6,8-9,32-33H,7H2. The van der Waals surface area contributed by atoms with Crippen molar-refractivity contribution >= 4 is 0 Å². The SMILES string of the molecule is OC(c1cccc(Cc2cccc(C(O)(C(F)(F)F)C(F)(F)F)c2)c1)(C(F)(F)F)C(F)(F)F. The highest BCUT2D eigenvalue weighted by atomic mass is 19.4. The maximum absolute atomic E-state index is 13.0. The number of benzene rings is 2. The second kappa shape index (κ2) is 8.08. The predicted molar refractivity (Wildman–Crippen MR) is 87.7 cm³/mol. The fourth-order valence-corrected chi connectivity index (χ4v) is 3.02. The van der Waals surface area contributed by atoms with Crippen LogP contribution in [0.3, 0.4) is 0 Å². The van der Waals surface area contributed by atoms with Crippen molar-refractivity contribution in [3.63, 3.8) is 0 Å². The Morgan fingerprint density at radius 3 is 1.00 bits per heavy atom. The lowest BCUT2D eigenvalue weighted by atomic mass is 9.88. The molecule has 0 aliphatic heterocycles. The molecule has 0 aliphatic rings. The van der Waals surface area contributed by atoms with Crippen LogP contribution in [0.4, 0.5) is 52.7 Å². The molecule has 0 fully saturated rings. The van der Waals surface area contributed by atoms with E-state index in [1.165, 1.54) is 0 Å². The van der Waals surface area contributed by atoms with Gasteiger partial charge in [0.15, 0.2) is 0 Å². The van der Waals surface area contributed by atoms with E-state index in [9.17, 15) is 62.9 Å². The highest BCUT2D eigenvalue weighted by Crippen LogP contribution is 2.51. The highest BCUT2D eigenvalue weighted by Gasteiger charge is 2.72. The lowest BCUT2D eigenvalue weighted by Gasteiger charge is -2.33. The molecule has 0 saturated carbocycles. The van der Waals surface area contributed by atoms with Crippen molar-refractivity contribution in [2.75, 3.05) is 0 Å². The molecule has 184 valence electrons. The van der Waals surface area contributed by atoms with Gasteiger partial charge in [0.1, 0.15) is 0 Å². The van der Waals surface area contributed by atoms with Gasteiger partial charge in [-0.05, 0) is 17.5 Å². The zero-order valence-corrected chi connectivity index (χ0v) is 15.8. The molecule has 2 aromatic carbocycles. The van der Waals surface area contributed by atoms with E-state index in [1.807, 2.05) is 0 Å². The summed E-state index contributed by atoms with van der Waals surface area (Å²) in [5.74, 6) is 0. The summed E-state index contributed by atoms with van der Waals surface area (Å²) < 4.78 is 156. The molecule has 0 bridgehead atoms. The van der Waals surface area contributed by atoms with Crippen LogP contribution >= 0.6 is 0 Å². The lowest BCUT2D eigenvalue weighted by Crippen LogP contribution is -2.54. The Bertz CT molecular complexity index is 878. The maximum atomic E-state index is 13.0. The van der Waals surface area contributed by atoms with E-state index in [0.717, 1.165) is 12.1 Å². The Morgan fingerprint density at radius 1 is 0.485 bits per heavy atom. The summed E-state index contributed by atoms with van der Waals surface area (Å²) in [6, 6.07) is 4.45. The normalized spacial score (nSPS) is 14.5. The summed E-state index contributed by atoms with van der Waals surface area (Å²) in [6.45, 7) is 0. The fraction of sp³-hybridized carbons (Fsp3) is 0.368. The van der Waals surface area contributed by atoms with Crippen LogP contribution in [0.5, 0.6) is 0 Å². The molecule has 0 heterocycles. The second-order valence-corrected chi connectivity index (χ2v) is 6.99. The third-order valence-corrected chi connectivity index (χ3v) is 4.74. The van der Waals surface area contributed by atoms with E-state index in [1.54, 1.807) is 0 Å². The largest absolute Gasteiger partial charge is 0.430 e. The minimum absolute atomic E-state index is 0.271. The third-order valence-electron chi connectivity index (χ3n) is 4.74. The predicted octanol–water partition coefficient (Wildman–Crippen LogP) is 5.90. The summed E-state index contributed by atoms with van der Waals surface area (Å²) in [7, 11) is 0. The average molecular weight is 500 g/mol. The van der Waals surface area contributed by atoms with Crippen molar-refractivity contribution in [3.05, 3.63) is 70.8 Å². The molecule has 0 aromatic heterocycles. The zero-order valence-electron chi connectivity index (χ0n) is 15.8. The van der Waals surface area contributed by atoms with Gasteiger partial charge in [-0.2, -0.15) is 52.7 Å². The monoisotopic (exact) mass is 500 g/mol. The Kier molecular flexibility index (Phi) is 6.55. The Hall–Kier alpha value is -2.48. The van der Waals surface area contributed by atoms with Gasteiger partial charge in [0.25, 0.3) is 11.2 Å². The van der Waals surface area contributed by atoms with E-state index >= 15 is 0 Å². The van der Waals surface area contributed by atoms with Crippen LogP contribution in [0.1, 0.15) is 22.3 Å². The molecule has 2 N–H and O–H groups in total. The molecule has 0 spiro atoms. The van der Waals surface area contributed by atoms with E-state index in [-0.39, 0.29) is 12.1 Å². The molecule has 2 rings (SSSR count). The van der Waals surface area contributed by atoms with Crippen molar-refractivity contribution < 1.29 is 62.9 Å². The topological polar surface area (TPSA) is 40.5 Å². The number of aliphatic hydroxyl groups is 2. The Labute approximate surface area is 177 Å². The Balaban J connectivity index is 2.53. The van der Waals surface area contributed by atoms with Crippen LogP contribution in [0.15, 0.2) is 48.5 Å². The number of hydrogen-bond donors (Lipinski definition) is 2. The molecule has 0 amide bonds. The summed E-state index contributed by atoms with van der Waals surface area (Å²) in [5, 5.41) is 18.9. The van der Waals surface area contributed by atoms with Gasteiger partial charge in [0, 0.05) is 11.1 Å². The van der Waals surface area contributed by atoms with Gasteiger partial charge < -0.3 is 10.2 Å². The van der Waals surface area contributed by atoms with Gasteiger partial charge in [0.2, 0.25) is 0 Å². The molecule has 0 saturated heterocycles. The third kappa shape index (κ3) is 4.63. The summed E-state index contributed by atoms with van der Waals surface area (Å²) in [4.78, 5) is 0. The number of rotatable bonds is 4. The molecule has 14 heteroatoms. The molecular formula is C19H12F12O2. The van der Waals surface area contributed by atoms with E-state index in [2.05, 4.69) is 0 Å². The van der Waals surface area contributed by atoms with E-state index in [0.29, 0.717) is 24.3 Å². The van der Waals surface area contributed by atoms with Crippen molar-refractivity contribution in [1.29, 1.82) is 0 Å². The molecule has 2 aromatic rings. The zero-order chi connectivity index (χ0) is 25.7. The quantitative estimate of drug-likeness (QED) is 0.514. The minimum Gasteiger partial charge on any atom is -0.369 e. The van der Waals surface area contributed by atoms with Crippen LogP contribution in [-0.4, -0.2) is 34.9 Å². The summed E-state index contributed by atoms with van der Waals surface area (Å²) in [6.07, 6.45) is -25.5. The maximum Gasteiger partial charge on any atom is 0.430 e. The fourth-order valence-electron chi connectivity index (χ4n) is 3.02. The van der Waals surface area contributed by atoms with E-state index < -0.39 is 64.6 Å². The van der Waals surface area contributed by atoms with Crippen LogP contribution < -0.4 is 0 Å². The lowest BCUT2D eigenvalue weighted by molar-refractivity contribution is -0.376. The van der Waals surface area contributed by atoms with Gasteiger partial charge in [0.05, 0.1) is 0 Å². The van der Waals surface area contributed by atoms with Gasteiger partial charge in [-0.3, -0.25) is 0 Å². The van der Waals surface area contributed by atoms with Crippen LogP contribution in [-0.2, 0) is 17.6 Å². The second-order valence-electron chi connectivity index (χ2n) is 6.99. The summed E-state index contributed by atoms with van der Waals surface area (Å²) in [5.41, 5.74) is -14.7. The molecule has 0 unspecified atom stereocenters. The molecule has 0 atom stereocenters. The van der Waals surface area contributed by atoms with Gasteiger partial charge in [-0.1, -0.05) is 48.5 Å². The van der Waals surface area contributed by atoms with Gasteiger partial charge in [-0.15, -0.1) is 0 Å². The Morgan fingerprint density at radius 2 is 0.758 bits per heavy atom. The first kappa shape index (κ1) is 26.8. The highest BCUT2D eigenvalue weighted by molar-refractivity contribution is 5.37. The molecule has 0 radical (unpaired) electrons.